The lowest BCUT2D eigenvalue weighted by molar-refractivity contribution is 0.464. The van der Waals surface area contributed by atoms with Gasteiger partial charge in [-0.05, 0) is 6.92 Å². The highest BCUT2D eigenvalue weighted by Gasteiger charge is 1.96. The Hall–Kier alpha value is -1.50. The molecule has 1 N–H and O–H groups in total. The van der Waals surface area contributed by atoms with Crippen molar-refractivity contribution in [3.8, 4) is 6.19 Å². The Morgan fingerprint density at radius 3 is 3.20 bits per heavy atom. The first-order valence-corrected chi connectivity index (χ1v) is 2.86. The molecule has 10 heavy (non-hydrogen) atoms. The molecule has 1 rings (SSSR count). The minimum atomic E-state index is 0.365. The van der Waals surface area contributed by atoms with Crippen LogP contribution in [0.1, 0.15) is 11.7 Å². The number of hydrogen-bond donors (Lipinski definition) is 1. The minimum Gasteiger partial charge on any atom is -0.444 e. The van der Waals surface area contributed by atoms with Crippen molar-refractivity contribution in [1.82, 2.24) is 10.3 Å². The summed E-state index contributed by atoms with van der Waals surface area (Å²) in [6.45, 7) is 2.17. The number of rotatable bonds is 2. The van der Waals surface area contributed by atoms with E-state index in [0.29, 0.717) is 12.4 Å². The maximum Gasteiger partial charge on any atom is 0.214 e. The first-order valence-electron chi connectivity index (χ1n) is 2.86. The van der Waals surface area contributed by atoms with Gasteiger partial charge in [-0.15, -0.1) is 0 Å². The van der Waals surface area contributed by atoms with Gasteiger partial charge in [0.1, 0.15) is 12.3 Å². The lowest BCUT2D eigenvalue weighted by atomic mass is 10.6. The van der Waals surface area contributed by atoms with E-state index < -0.39 is 0 Å². The highest BCUT2D eigenvalue weighted by atomic mass is 16.4. The fourth-order valence-corrected chi connectivity index (χ4v) is 0.598. The van der Waals surface area contributed by atoms with Crippen molar-refractivity contribution in [2.75, 3.05) is 0 Å². The second-order valence-corrected chi connectivity index (χ2v) is 1.83. The molecule has 0 aromatic carbocycles. The molecule has 52 valence electrons. The van der Waals surface area contributed by atoms with Crippen LogP contribution in [0.15, 0.2) is 10.6 Å². The van der Waals surface area contributed by atoms with Crippen molar-refractivity contribution in [2.45, 2.75) is 13.5 Å². The fraction of sp³-hybridized carbons (Fsp3) is 0.333. The van der Waals surface area contributed by atoms with Crippen LogP contribution in [-0.4, -0.2) is 4.98 Å². The van der Waals surface area contributed by atoms with Crippen LogP contribution in [0.4, 0.5) is 0 Å². The third-order valence-electron chi connectivity index (χ3n) is 0.988. The average molecular weight is 137 g/mol. The number of aryl methyl sites for hydroxylation is 1. The predicted octanol–water partition coefficient (Wildman–Crippen LogP) is 0.554. The lowest BCUT2D eigenvalue weighted by Crippen LogP contribution is -2.04. The number of hydrogen-bond acceptors (Lipinski definition) is 4. The molecule has 0 aliphatic heterocycles. The molecule has 1 aromatic heterocycles. The molecule has 0 saturated carbocycles. The maximum absolute atomic E-state index is 8.10. The summed E-state index contributed by atoms with van der Waals surface area (Å²) in [5, 5.41) is 10.5. The van der Waals surface area contributed by atoms with Crippen LogP contribution >= 0.6 is 0 Å². The average Bonchev–Trinajstić information content (AvgIpc) is 2.31. The Kier molecular flexibility index (Phi) is 1.90. The Balaban J connectivity index is 2.52. The Morgan fingerprint density at radius 1 is 1.90 bits per heavy atom. The van der Waals surface area contributed by atoms with Crippen LogP contribution in [0.25, 0.3) is 0 Å². The van der Waals surface area contributed by atoms with E-state index in [-0.39, 0.29) is 0 Å². The Labute approximate surface area is 58.5 Å². The molecule has 0 unspecified atom stereocenters. The van der Waals surface area contributed by atoms with Gasteiger partial charge in [0.2, 0.25) is 5.89 Å². The molecule has 0 aliphatic rings. The van der Waals surface area contributed by atoms with Crippen molar-refractivity contribution in [3.05, 3.63) is 17.8 Å². The molecule has 0 fully saturated rings. The van der Waals surface area contributed by atoms with Gasteiger partial charge in [0.25, 0.3) is 0 Å². The van der Waals surface area contributed by atoms with E-state index in [1.807, 2.05) is 6.92 Å². The zero-order chi connectivity index (χ0) is 7.40. The molecule has 0 saturated heterocycles. The SMILES string of the molecule is Cc1cnc(CNC#N)o1. The van der Waals surface area contributed by atoms with Crippen molar-refractivity contribution in [2.24, 2.45) is 0 Å². The zero-order valence-electron chi connectivity index (χ0n) is 5.59. The summed E-state index contributed by atoms with van der Waals surface area (Å²) in [6, 6.07) is 0. The zero-order valence-corrected chi connectivity index (χ0v) is 5.59. The van der Waals surface area contributed by atoms with Gasteiger partial charge in [0.05, 0.1) is 6.20 Å². The van der Waals surface area contributed by atoms with E-state index in [1.165, 1.54) is 0 Å². The molecule has 4 heteroatoms. The Bertz CT molecular complexity index is 248. The molecule has 0 spiro atoms. The van der Waals surface area contributed by atoms with E-state index in [0.717, 1.165) is 5.76 Å². The number of nitriles is 1. The second kappa shape index (κ2) is 2.87. The molecule has 1 aromatic rings. The quantitative estimate of drug-likeness (QED) is 0.477. The molecule has 0 atom stereocenters. The van der Waals surface area contributed by atoms with Gasteiger partial charge < -0.3 is 9.73 Å². The molecule has 0 aliphatic carbocycles. The molecule has 0 radical (unpaired) electrons. The first-order chi connectivity index (χ1) is 4.83. The molecule has 0 bridgehead atoms. The monoisotopic (exact) mass is 137 g/mol. The third-order valence-corrected chi connectivity index (χ3v) is 0.988. The smallest absolute Gasteiger partial charge is 0.214 e. The van der Waals surface area contributed by atoms with Gasteiger partial charge in [-0.1, -0.05) is 0 Å². The normalized spacial score (nSPS) is 8.80. The van der Waals surface area contributed by atoms with Gasteiger partial charge in [-0.3, -0.25) is 0 Å². The van der Waals surface area contributed by atoms with Gasteiger partial charge >= 0.3 is 0 Å². The molecular weight excluding hydrogens is 130 g/mol. The summed E-state index contributed by atoms with van der Waals surface area (Å²) in [5.74, 6) is 1.30. The van der Waals surface area contributed by atoms with E-state index in [2.05, 4.69) is 10.3 Å². The Morgan fingerprint density at radius 2 is 2.70 bits per heavy atom. The van der Waals surface area contributed by atoms with Crippen molar-refractivity contribution in [1.29, 1.82) is 5.26 Å². The molecule has 0 amide bonds. The summed E-state index contributed by atoms with van der Waals surface area (Å²) < 4.78 is 5.06. The summed E-state index contributed by atoms with van der Waals surface area (Å²) in [6.07, 6.45) is 3.39. The first kappa shape index (κ1) is 6.62. The van der Waals surface area contributed by atoms with Crippen LogP contribution in [0.2, 0.25) is 0 Å². The standard InChI is InChI=1S/C6H7N3O/c1-5-2-9-6(10-5)3-8-4-7/h2,8H,3H2,1H3. The second-order valence-electron chi connectivity index (χ2n) is 1.83. The molecule has 1 heterocycles. The fourth-order valence-electron chi connectivity index (χ4n) is 0.598. The van der Waals surface area contributed by atoms with E-state index in [4.69, 9.17) is 9.68 Å². The highest BCUT2D eigenvalue weighted by molar-refractivity contribution is 4.91. The van der Waals surface area contributed by atoms with Crippen LogP contribution in [-0.2, 0) is 6.54 Å². The van der Waals surface area contributed by atoms with Crippen molar-refractivity contribution >= 4 is 0 Å². The van der Waals surface area contributed by atoms with Crippen molar-refractivity contribution in [3.63, 3.8) is 0 Å². The van der Waals surface area contributed by atoms with Gasteiger partial charge in [-0.2, -0.15) is 5.26 Å². The number of aromatic nitrogens is 1. The van der Waals surface area contributed by atoms with Gasteiger partial charge in [-0.25, -0.2) is 4.98 Å². The predicted molar refractivity (Wildman–Crippen MR) is 33.7 cm³/mol. The minimum absolute atomic E-state index is 0.365. The lowest BCUT2D eigenvalue weighted by Gasteiger charge is -1.87. The molecular formula is C6H7N3O. The number of nitrogens with one attached hydrogen (secondary N) is 1. The van der Waals surface area contributed by atoms with Crippen molar-refractivity contribution < 1.29 is 4.42 Å². The summed E-state index contributed by atoms with van der Waals surface area (Å²) >= 11 is 0. The number of oxazole rings is 1. The summed E-state index contributed by atoms with van der Waals surface area (Å²) in [5.41, 5.74) is 0. The van der Waals surface area contributed by atoms with Crippen LogP contribution in [0.3, 0.4) is 0 Å². The van der Waals surface area contributed by atoms with E-state index >= 15 is 0 Å². The van der Waals surface area contributed by atoms with E-state index in [9.17, 15) is 0 Å². The largest absolute Gasteiger partial charge is 0.444 e. The number of nitrogens with zero attached hydrogens (tertiary/aromatic N) is 2. The maximum atomic E-state index is 8.10. The van der Waals surface area contributed by atoms with Crippen LogP contribution in [0.5, 0.6) is 0 Å². The summed E-state index contributed by atoms with van der Waals surface area (Å²) in [7, 11) is 0. The van der Waals surface area contributed by atoms with E-state index in [1.54, 1.807) is 12.4 Å². The van der Waals surface area contributed by atoms with Gasteiger partial charge in [0, 0.05) is 0 Å². The van der Waals surface area contributed by atoms with Gasteiger partial charge in [0.15, 0.2) is 6.19 Å². The topological polar surface area (TPSA) is 61.9 Å². The van der Waals surface area contributed by atoms with Crippen LogP contribution in [0, 0.1) is 18.4 Å². The summed E-state index contributed by atoms with van der Waals surface area (Å²) in [4.78, 5) is 3.87. The van der Waals surface area contributed by atoms with Crippen LogP contribution < -0.4 is 5.32 Å². The third kappa shape index (κ3) is 1.49. The highest BCUT2D eigenvalue weighted by Crippen LogP contribution is 1.99. The molecule has 4 nitrogen and oxygen atoms in total.